The van der Waals surface area contributed by atoms with E-state index in [9.17, 15) is 9.90 Å². The monoisotopic (exact) mass is 303 g/mol. The summed E-state index contributed by atoms with van der Waals surface area (Å²) in [4.78, 5) is 17.7. The molecule has 1 fully saturated rings. The quantitative estimate of drug-likeness (QED) is 0.941. The molecule has 1 aromatic heterocycles. The highest BCUT2D eigenvalue weighted by atomic mass is 16.6. The van der Waals surface area contributed by atoms with Crippen LogP contribution in [0.2, 0.25) is 0 Å². The molecule has 6 nitrogen and oxygen atoms in total. The molecule has 1 aromatic carbocycles. The van der Waals surface area contributed by atoms with Gasteiger partial charge >= 0.3 is 6.09 Å². The number of aliphatic hydroxyl groups is 1. The summed E-state index contributed by atoms with van der Waals surface area (Å²) in [6.07, 6.45) is 2.04. The zero-order chi connectivity index (χ0) is 16.0. The van der Waals surface area contributed by atoms with E-state index in [1.54, 1.807) is 27.1 Å². The fraction of sp³-hybridized carbons (Fsp3) is 0.500. The Bertz CT molecular complexity index is 705. The van der Waals surface area contributed by atoms with Gasteiger partial charge in [0.2, 0.25) is 0 Å². The van der Waals surface area contributed by atoms with Gasteiger partial charge in [0.25, 0.3) is 0 Å². The first-order valence-corrected chi connectivity index (χ1v) is 7.46. The number of carbonyl (C=O) groups is 1. The fourth-order valence-electron chi connectivity index (χ4n) is 2.77. The molecule has 1 aliphatic heterocycles. The second kappa shape index (κ2) is 4.98. The number of aryl methyl sites for hydroxylation is 1. The van der Waals surface area contributed by atoms with Gasteiger partial charge in [0.1, 0.15) is 0 Å². The van der Waals surface area contributed by atoms with Gasteiger partial charge in [-0.25, -0.2) is 9.78 Å². The van der Waals surface area contributed by atoms with Crippen LogP contribution in [0.25, 0.3) is 11.0 Å². The molecule has 0 saturated carbocycles. The van der Waals surface area contributed by atoms with Gasteiger partial charge in [-0.15, -0.1) is 0 Å². The maximum Gasteiger partial charge on any atom is 0.412 e. The van der Waals surface area contributed by atoms with Crippen molar-refractivity contribution in [1.82, 2.24) is 14.5 Å². The zero-order valence-electron chi connectivity index (χ0n) is 13.1. The van der Waals surface area contributed by atoms with Gasteiger partial charge in [-0.3, -0.25) is 4.90 Å². The van der Waals surface area contributed by atoms with Gasteiger partial charge in [-0.1, -0.05) is 12.1 Å². The number of fused-ring (bicyclic) bond motifs is 1. The largest absolute Gasteiger partial charge is 0.438 e. The third-order valence-corrected chi connectivity index (χ3v) is 4.54. The molecule has 3 rings (SSSR count). The van der Waals surface area contributed by atoms with Crippen LogP contribution in [-0.2, 0) is 11.3 Å². The van der Waals surface area contributed by atoms with Crippen LogP contribution in [0.4, 0.5) is 4.79 Å². The molecule has 0 aliphatic carbocycles. The van der Waals surface area contributed by atoms with E-state index in [4.69, 9.17) is 4.74 Å². The molecular formula is C16H21N3O3. The summed E-state index contributed by atoms with van der Waals surface area (Å²) in [6, 6.07) is 7.92. The molecule has 1 saturated heterocycles. The van der Waals surface area contributed by atoms with Crippen LogP contribution in [0.5, 0.6) is 0 Å². The van der Waals surface area contributed by atoms with E-state index < -0.39 is 17.4 Å². The second-order valence-corrected chi connectivity index (χ2v) is 6.33. The molecule has 1 N–H and O–H groups in total. The van der Waals surface area contributed by atoms with E-state index in [1.807, 2.05) is 24.3 Å². The van der Waals surface area contributed by atoms with Crippen molar-refractivity contribution in [2.75, 3.05) is 6.54 Å². The summed E-state index contributed by atoms with van der Waals surface area (Å²) in [5.74, 6) is 0. The average molecular weight is 303 g/mol. The Morgan fingerprint density at radius 3 is 2.64 bits per heavy atom. The molecule has 118 valence electrons. The molecule has 0 radical (unpaired) electrons. The number of ether oxygens (including phenoxy) is 1. The third kappa shape index (κ3) is 2.23. The van der Waals surface area contributed by atoms with Crippen LogP contribution < -0.4 is 0 Å². The predicted octanol–water partition coefficient (Wildman–Crippen LogP) is 2.37. The van der Waals surface area contributed by atoms with Crippen LogP contribution in [0.1, 0.15) is 27.2 Å². The van der Waals surface area contributed by atoms with E-state index in [0.717, 1.165) is 17.6 Å². The smallest absolute Gasteiger partial charge is 0.412 e. The first-order chi connectivity index (χ1) is 10.3. The first-order valence-electron chi connectivity index (χ1n) is 7.46. The summed E-state index contributed by atoms with van der Waals surface area (Å²) in [6.45, 7) is 6.20. The number of imidazole rings is 1. The van der Waals surface area contributed by atoms with Crippen molar-refractivity contribution in [1.29, 1.82) is 0 Å². The summed E-state index contributed by atoms with van der Waals surface area (Å²) in [7, 11) is 0. The Hall–Kier alpha value is -2.08. The van der Waals surface area contributed by atoms with Gasteiger partial charge in [0, 0.05) is 13.1 Å². The Kier molecular flexibility index (Phi) is 3.36. The van der Waals surface area contributed by atoms with Gasteiger partial charge in [-0.05, 0) is 39.3 Å². The molecule has 0 bridgehead atoms. The van der Waals surface area contributed by atoms with Crippen LogP contribution in [-0.4, -0.2) is 43.5 Å². The number of hydrogen-bond donors (Lipinski definition) is 1. The van der Waals surface area contributed by atoms with E-state index >= 15 is 0 Å². The van der Waals surface area contributed by atoms with Crippen LogP contribution in [0, 0.1) is 0 Å². The summed E-state index contributed by atoms with van der Waals surface area (Å²) in [5, 5.41) is 10.5. The topological polar surface area (TPSA) is 67.6 Å². The maximum absolute atomic E-state index is 11.9. The molecule has 1 aliphatic rings. The molecule has 1 amide bonds. The van der Waals surface area contributed by atoms with Gasteiger partial charge in [0.15, 0.2) is 11.3 Å². The van der Waals surface area contributed by atoms with Crippen molar-refractivity contribution < 1.29 is 14.6 Å². The summed E-state index contributed by atoms with van der Waals surface area (Å²) >= 11 is 0. The lowest BCUT2D eigenvalue weighted by atomic mass is 9.96. The van der Waals surface area contributed by atoms with Crippen molar-refractivity contribution in [3.05, 3.63) is 30.6 Å². The minimum atomic E-state index is -1.30. The van der Waals surface area contributed by atoms with Crippen LogP contribution in [0.3, 0.4) is 0 Å². The molecule has 2 aromatic rings. The molecule has 6 heteroatoms. The van der Waals surface area contributed by atoms with Crippen molar-refractivity contribution in [3.8, 4) is 0 Å². The Balaban J connectivity index is 1.67. The van der Waals surface area contributed by atoms with Crippen molar-refractivity contribution in [3.63, 3.8) is 0 Å². The number of hydrogen-bond acceptors (Lipinski definition) is 4. The minimum absolute atomic E-state index is 0.432. The number of nitrogens with zero attached hydrogens (tertiary/aromatic N) is 3. The van der Waals surface area contributed by atoms with Gasteiger partial charge in [-0.2, -0.15) is 0 Å². The highest BCUT2D eigenvalue weighted by Crippen LogP contribution is 2.36. The zero-order valence-corrected chi connectivity index (χ0v) is 13.1. The summed E-state index contributed by atoms with van der Waals surface area (Å²) < 4.78 is 7.30. The van der Waals surface area contributed by atoms with Gasteiger partial charge in [0.05, 0.1) is 17.4 Å². The number of rotatable bonds is 4. The second-order valence-electron chi connectivity index (χ2n) is 6.33. The van der Waals surface area contributed by atoms with Crippen LogP contribution in [0.15, 0.2) is 30.6 Å². The highest BCUT2D eigenvalue weighted by Gasteiger charge is 2.56. The highest BCUT2D eigenvalue weighted by molar-refractivity contribution is 5.75. The predicted molar refractivity (Wildman–Crippen MR) is 82.2 cm³/mol. The van der Waals surface area contributed by atoms with E-state index in [-0.39, 0.29) is 0 Å². The lowest BCUT2D eigenvalue weighted by Crippen LogP contribution is -2.53. The molecular weight excluding hydrogens is 282 g/mol. The number of para-hydroxylation sites is 2. The lowest BCUT2D eigenvalue weighted by molar-refractivity contribution is -0.127. The Labute approximate surface area is 129 Å². The molecule has 22 heavy (non-hydrogen) atoms. The maximum atomic E-state index is 11.9. The molecule has 0 unspecified atom stereocenters. The standard InChI is InChI=1S/C16H21N3O3/c1-15(2)16(3,21)19(14(20)22-15)10-6-9-18-11-17-12-7-4-5-8-13(12)18/h4-5,7-8,11,21H,6,9-10H2,1-3H3/t16-/m1/s1. The molecule has 2 heterocycles. The fourth-order valence-corrected chi connectivity index (χ4v) is 2.77. The number of benzene rings is 1. The normalized spacial score (nSPS) is 24.0. The van der Waals surface area contributed by atoms with E-state index in [1.165, 1.54) is 4.90 Å². The third-order valence-electron chi connectivity index (χ3n) is 4.54. The minimum Gasteiger partial charge on any atom is -0.438 e. The van der Waals surface area contributed by atoms with Crippen molar-refractivity contribution >= 4 is 17.1 Å². The average Bonchev–Trinajstić information content (AvgIpc) is 2.91. The number of aromatic nitrogens is 2. The Morgan fingerprint density at radius 1 is 1.23 bits per heavy atom. The number of amides is 1. The first kappa shape index (κ1) is 14.8. The van der Waals surface area contributed by atoms with Crippen molar-refractivity contribution in [2.45, 2.75) is 45.1 Å². The SMILES string of the molecule is CC1(C)OC(=O)N(CCCn2cnc3ccccc32)[C@]1(C)O. The lowest BCUT2D eigenvalue weighted by Gasteiger charge is -2.34. The number of cyclic esters (lactones) is 1. The van der Waals surface area contributed by atoms with Crippen molar-refractivity contribution in [2.24, 2.45) is 0 Å². The van der Waals surface area contributed by atoms with Gasteiger partial charge < -0.3 is 14.4 Å². The van der Waals surface area contributed by atoms with E-state index in [2.05, 4.69) is 9.55 Å². The molecule has 1 atom stereocenters. The van der Waals surface area contributed by atoms with E-state index in [0.29, 0.717) is 13.0 Å². The molecule has 0 spiro atoms. The Morgan fingerprint density at radius 2 is 1.95 bits per heavy atom. The van der Waals surface area contributed by atoms with Crippen LogP contribution >= 0.6 is 0 Å². The number of carbonyl (C=O) groups excluding carboxylic acids is 1. The summed E-state index contributed by atoms with van der Waals surface area (Å²) in [5.41, 5.74) is -0.192.